The minimum atomic E-state index is 0.769. The maximum absolute atomic E-state index is 10.5. The molecule has 2 rings (SSSR count). The second-order valence-corrected chi connectivity index (χ2v) is 4.87. The van der Waals surface area contributed by atoms with Crippen molar-refractivity contribution in [1.29, 1.82) is 0 Å². The first-order valence-corrected chi connectivity index (χ1v) is 6.65. The van der Waals surface area contributed by atoms with Crippen molar-refractivity contribution in [3.05, 3.63) is 35.4 Å². The van der Waals surface area contributed by atoms with E-state index >= 15 is 0 Å². The Labute approximate surface area is 104 Å². The van der Waals surface area contributed by atoms with Gasteiger partial charge in [0.1, 0.15) is 6.29 Å². The summed E-state index contributed by atoms with van der Waals surface area (Å²) >= 11 is 0. The molecule has 0 bridgehead atoms. The predicted molar refractivity (Wildman–Crippen MR) is 70.4 cm³/mol. The topological polar surface area (TPSA) is 20.3 Å². The maximum atomic E-state index is 10.5. The molecule has 1 aliphatic rings. The molecular formula is C15H21NO. The lowest BCUT2D eigenvalue weighted by Crippen LogP contribution is -2.20. The molecule has 1 aliphatic heterocycles. The normalized spacial score (nSPS) is 16.2. The Morgan fingerprint density at radius 1 is 1.06 bits per heavy atom. The zero-order valence-electron chi connectivity index (χ0n) is 10.4. The number of unbranched alkanes of at least 4 members (excludes halogenated alkanes) is 1. The monoisotopic (exact) mass is 231 g/mol. The van der Waals surface area contributed by atoms with E-state index < -0.39 is 0 Å². The molecule has 2 heteroatoms. The highest BCUT2D eigenvalue weighted by Crippen LogP contribution is 2.10. The van der Waals surface area contributed by atoms with Crippen molar-refractivity contribution in [3.8, 4) is 0 Å². The smallest absolute Gasteiger partial charge is 0.150 e. The summed E-state index contributed by atoms with van der Waals surface area (Å²) in [6.45, 7) is 3.86. The third-order valence-corrected chi connectivity index (χ3v) is 3.50. The summed E-state index contributed by atoms with van der Waals surface area (Å²) < 4.78 is 0. The van der Waals surface area contributed by atoms with Gasteiger partial charge in [0.2, 0.25) is 0 Å². The fourth-order valence-corrected chi connectivity index (χ4v) is 2.43. The quantitative estimate of drug-likeness (QED) is 0.554. The number of likely N-dealkylation sites (tertiary alicyclic amines) is 1. The first-order valence-electron chi connectivity index (χ1n) is 6.65. The Balaban J connectivity index is 1.65. The standard InChI is InChI=1S/C15H21NO/c17-13-15-8-6-14(7-9-15)5-1-2-10-16-11-3-4-12-16/h6-9,13H,1-5,10-12H2. The Morgan fingerprint density at radius 3 is 2.41 bits per heavy atom. The largest absolute Gasteiger partial charge is 0.303 e. The Kier molecular flexibility index (Phi) is 4.75. The highest BCUT2D eigenvalue weighted by molar-refractivity contribution is 5.74. The van der Waals surface area contributed by atoms with Gasteiger partial charge in [-0.25, -0.2) is 0 Å². The summed E-state index contributed by atoms with van der Waals surface area (Å²) in [6, 6.07) is 7.95. The fourth-order valence-electron chi connectivity index (χ4n) is 2.43. The van der Waals surface area contributed by atoms with Crippen LogP contribution in [0, 0.1) is 0 Å². The zero-order chi connectivity index (χ0) is 11.9. The Bertz CT molecular complexity index is 338. The van der Waals surface area contributed by atoms with Crippen molar-refractivity contribution >= 4 is 6.29 Å². The third kappa shape index (κ3) is 3.97. The van der Waals surface area contributed by atoms with Crippen molar-refractivity contribution in [2.24, 2.45) is 0 Å². The molecule has 1 heterocycles. The summed E-state index contributed by atoms with van der Waals surface area (Å²) in [4.78, 5) is 13.1. The van der Waals surface area contributed by atoms with Crippen LogP contribution in [0.5, 0.6) is 0 Å². The van der Waals surface area contributed by atoms with Crippen molar-refractivity contribution in [2.45, 2.75) is 32.1 Å². The first kappa shape index (κ1) is 12.3. The number of hydrogen-bond donors (Lipinski definition) is 0. The van der Waals surface area contributed by atoms with Gasteiger partial charge in [0.05, 0.1) is 0 Å². The van der Waals surface area contributed by atoms with E-state index in [2.05, 4.69) is 17.0 Å². The second kappa shape index (κ2) is 6.55. The third-order valence-electron chi connectivity index (χ3n) is 3.50. The molecule has 92 valence electrons. The van der Waals surface area contributed by atoms with Crippen molar-refractivity contribution in [1.82, 2.24) is 4.90 Å². The van der Waals surface area contributed by atoms with E-state index in [-0.39, 0.29) is 0 Å². The molecule has 0 amide bonds. The number of aryl methyl sites for hydroxylation is 1. The van der Waals surface area contributed by atoms with Crippen molar-refractivity contribution in [3.63, 3.8) is 0 Å². The van der Waals surface area contributed by atoms with Gasteiger partial charge in [-0.1, -0.05) is 24.3 Å². The Morgan fingerprint density at radius 2 is 1.76 bits per heavy atom. The van der Waals surface area contributed by atoms with Crippen LogP contribution in [-0.4, -0.2) is 30.8 Å². The molecule has 0 radical (unpaired) electrons. The van der Waals surface area contributed by atoms with Gasteiger partial charge in [0, 0.05) is 5.56 Å². The molecule has 0 aromatic heterocycles. The molecular weight excluding hydrogens is 210 g/mol. The van der Waals surface area contributed by atoms with Gasteiger partial charge in [0.15, 0.2) is 0 Å². The number of carbonyl (C=O) groups is 1. The maximum Gasteiger partial charge on any atom is 0.150 e. The summed E-state index contributed by atoms with van der Waals surface area (Å²) in [7, 11) is 0. The first-order chi connectivity index (χ1) is 8.38. The number of rotatable bonds is 6. The van der Waals surface area contributed by atoms with Gasteiger partial charge in [-0.05, 0) is 57.3 Å². The molecule has 1 aromatic rings. The van der Waals surface area contributed by atoms with Crippen LogP contribution in [0.2, 0.25) is 0 Å². The lowest BCUT2D eigenvalue weighted by atomic mass is 10.1. The van der Waals surface area contributed by atoms with Gasteiger partial charge >= 0.3 is 0 Å². The van der Waals surface area contributed by atoms with Gasteiger partial charge in [-0.15, -0.1) is 0 Å². The van der Waals surface area contributed by atoms with Crippen LogP contribution < -0.4 is 0 Å². The number of aldehydes is 1. The molecule has 0 saturated carbocycles. The molecule has 1 saturated heterocycles. The summed E-state index contributed by atoms with van der Waals surface area (Å²) in [5.41, 5.74) is 2.11. The van der Waals surface area contributed by atoms with Gasteiger partial charge in [-0.3, -0.25) is 4.79 Å². The van der Waals surface area contributed by atoms with E-state index in [0.717, 1.165) is 18.3 Å². The number of hydrogen-bond acceptors (Lipinski definition) is 2. The van der Waals surface area contributed by atoms with Crippen LogP contribution in [0.4, 0.5) is 0 Å². The van der Waals surface area contributed by atoms with E-state index in [4.69, 9.17) is 0 Å². The summed E-state index contributed by atoms with van der Waals surface area (Å²) in [5.74, 6) is 0. The fraction of sp³-hybridized carbons (Fsp3) is 0.533. The SMILES string of the molecule is O=Cc1ccc(CCCCN2CCCC2)cc1. The number of nitrogens with zero attached hydrogens (tertiary/aromatic N) is 1. The molecule has 0 N–H and O–H groups in total. The predicted octanol–water partition coefficient (Wildman–Crippen LogP) is 2.92. The molecule has 0 aliphatic carbocycles. The van der Waals surface area contributed by atoms with Crippen LogP contribution >= 0.6 is 0 Å². The van der Waals surface area contributed by atoms with Crippen molar-refractivity contribution in [2.75, 3.05) is 19.6 Å². The van der Waals surface area contributed by atoms with E-state index in [1.54, 1.807) is 0 Å². The van der Waals surface area contributed by atoms with E-state index in [1.165, 1.54) is 50.9 Å². The molecule has 0 unspecified atom stereocenters. The van der Waals surface area contributed by atoms with Gasteiger partial charge in [0.25, 0.3) is 0 Å². The van der Waals surface area contributed by atoms with Gasteiger partial charge in [-0.2, -0.15) is 0 Å². The summed E-state index contributed by atoms with van der Waals surface area (Å²) in [6.07, 6.45) is 7.33. The Hall–Kier alpha value is -1.15. The second-order valence-electron chi connectivity index (χ2n) is 4.87. The average molecular weight is 231 g/mol. The van der Waals surface area contributed by atoms with Crippen LogP contribution in [-0.2, 0) is 6.42 Å². The van der Waals surface area contributed by atoms with E-state index in [9.17, 15) is 4.79 Å². The number of benzene rings is 1. The van der Waals surface area contributed by atoms with Crippen molar-refractivity contribution < 1.29 is 4.79 Å². The zero-order valence-corrected chi connectivity index (χ0v) is 10.4. The highest BCUT2D eigenvalue weighted by atomic mass is 16.1. The molecule has 0 atom stereocenters. The molecule has 0 spiro atoms. The van der Waals surface area contributed by atoms with Gasteiger partial charge < -0.3 is 4.90 Å². The van der Waals surface area contributed by atoms with Crippen LogP contribution in [0.3, 0.4) is 0 Å². The summed E-state index contributed by atoms with van der Waals surface area (Å²) in [5, 5.41) is 0. The highest BCUT2D eigenvalue weighted by Gasteiger charge is 2.09. The minimum Gasteiger partial charge on any atom is -0.303 e. The molecule has 2 nitrogen and oxygen atoms in total. The van der Waals surface area contributed by atoms with E-state index in [0.29, 0.717) is 0 Å². The lowest BCUT2D eigenvalue weighted by molar-refractivity contribution is 0.112. The van der Waals surface area contributed by atoms with E-state index in [1.807, 2.05) is 12.1 Å². The lowest BCUT2D eigenvalue weighted by Gasteiger charge is -2.13. The van der Waals surface area contributed by atoms with Crippen LogP contribution in [0.1, 0.15) is 41.6 Å². The van der Waals surface area contributed by atoms with Crippen LogP contribution in [0.25, 0.3) is 0 Å². The van der Waals surface area contributed by atoms with Crippen LogP contribution in [0.15, 0.2) is 24.3 Å². The molecule has 17 heavy (non-hydrogen) atoms. The average Bonchev–Trinajstić information content (AvgIpc) is 2.88. The molecule has 1 fully saturated rings. The molecule has 1 aromatic carbocycles. The minimum absolute atomic E-state index is 0.769. The number of carbonyl (C=O) groups excluding carboxylic acids is 1.